The monoisotopic (exact) mass is 253 g/mol. The van der Waals surface area contributed by atoms with Crippen molar-refractivity contribution in [2.24, 2.45) is 5.92 Å². The molecule has 1 rings (SSSR count). The van der Waals surface area contributed by atoms with Gasteiger partial charge in [0, 0.05) is 0 Å². The fraction of sp³-hybridized carbons (Fsp3) is 0.600. The molecule has 102 valence electrons. The zero-order chi connectivity index (χ0) is 13.4. The molecule has 0 spiro atoms. The first-order chi connectivity index (χ1) is 8.59. The number of halogens is 1. The van der Waals surface area contributed by atoms with Gasteiger partial charge >= 0.3 is 0 Å². The SMILES string of the molecule is CC(C)CNCCCC(C)Oc1ccccc1F. The summed E-state index contributed by atoms with van der Waals surface area (Å²) in [6.07, 6.45) is 2.02. The third kappa shape index (κ3) is 6.01. The Hall–Kier alpha value is -1.09. The Balaban J connectivity index is 2.18. The van der Waals surface area contributed by atoms with Crippen molar-refractivity contribution in [2.45, 2.75) is 39.7 Å². The highest BCUT2D eigenvalue weighted by molar-refractivity contribution is 5.23. The highest BCUT2D eigenvalue weighted by Gasteiger charge is 2.07. The highest BCUT2D eigenvalue weighted by atomic mass is 19.1. The van der Waals surface area contributed by atoms with Gasteiger partial charge in [-0.2, -0.15) is 0 Å². The van der Waals surface area contributed by atoms with E-state index < -0.39 is 0 Å². The third-order valence-corrected chi connectivity index (χ3v) is 2.68. The topological polar surface area (TPSA) is 21.3 Å². The van der Waals surface area contributed by atoms with E-state index >= 15 is 0 Å². The lowest BCUT2D eigenvalue weighted by Gasteiger charge is -2.15. The van der Waals surface area contributed by atoms with Gasteiger partial charge in [0.05, 0.1) is 6.10 Å². The Bertz CT molecular complexity index is 341. The molecule has 0 bridgehead atoms. The van der Waals surface area contributed by atoms with Gasteiger partial charge in [0.1, 0.15) is 0 Å². The average molecular weight is 253 g/mol. The van der Waals surface area contributed by atoms with Gasteiger partial charge in [-0.15, -0.1) is 0 Å². The van der Waals surface area contributed by atoms with E-state index in [4.69, 9.17) is 4.74 Å². The molecule has 0 aliphatic heterocycles. The van der Waals surface area contributed by atoms with Gasteiger partial charge in [-0.1, -0.05) is 26.0 Å². The van der Waals surface area contributed by atoms with E-state index in [1.807, 2.05) is 6.92 Å². The van der Waals surface area contributed by atoms with Crippen LogP contribution < -0.4 is 10.1 Å². The lowest BCUT2D eigenvalue weighted by molar-refractivity contribution is 0.198. The molecule has 0 saturated carbocycles. The number of rotatable bonds is 8. The molecule has 0 aliphatic carbocycles. The second-order valence-corrected chi connectivity index (χ2v) is 5.10. The van der Waals surface area contributed by atoms with Gasteiger partial charge in [-0.05, 0) is 50.9 Å². The molecular formula is C15H24FNO. The van der Waals surface area contributed by atoms with Crippen LogP contribution in [0.15, 0.2) is 24.3 Å². The molecule has 18 heavy (non-hydrogen) atoms. The van der Waals surface area contributed by atoms with E-state index in [2.05, 4.69) is 19.2 Å². The number of hydrogen-bond acceptors (Lipinski definition) is 2. The molecule has 3 heteroatoms. The van der Waals surface area contributed by atoms with Crippen molar-refractivity contribution >= 4 is 0 Å². The number of para-hydroxylation sites is 1. The Kier molecular flexibility index (Phi) is 6.73. The van der Waals surface area contributed by atoms with Gasteiger partial charge in [0.15, 0.2) is 11.6 Å². The lowest BCUT2D eigenvalue weighted by Crippen LogP contribution is -2.22. The predicted molar refractivity (Wildman–Crippen MR) is 73.4 cm³/mol. The van der Waals surface area contributed by atoms with Crippen LogP contribution in [-0.2, 0) is 0 Å². The number of ether oxygens (including phenoxy) is 1. The van der Waals surface area contributed by atoms with Crippen molar-refractivity contribution in [1.29, 1.82) is 0 Å². The van der Waals surface area contributed by atoms with Gasteiger partial charge in [0.25, 0.3) is 0 Å². The number of nitrogens with one attached hydrogen (secondary N) is 1. The summed E-state index contributed by atoms with van der Waals surface area (Å²) in [5, 5.41) is 3.39. The maximum atomic E-state index is 13.3. The standard InChI is InChI=1S/C15H24FNO/c1-12(2)11-17-10-6-7-13(3)18-15-9-5-4-8-14(15)16/h4-5,8-9,12-13,17H,6-7,10-11H2,1-3H3. The van der Waals surface area contributed by atoms with E-state index in [9.17, 15) is 4.39 Å². The van der Waals surface area contributed by atoms with Crippen LogP contribution in [0.3, 0.4) is 0 Å². The Morgan fingerprint density at radius 2 is 1.94 bits per heavy atom. The summed E-state index contributed by atoms with van der Waals surface area (Å²) in [7, 11) is 0. The minimum Gasteiger partial charge on any atom is -0.488 e. The van der Waals surface area contributed by atoms with Crippen molar-refractivity contribution in [3.63, 3.8) is 0 Å². The highest BCUT2D eigenvalue weighted by Crippen LogP contribution is 2.18. The van der Waals surface area contributed by atoms with Crippen molar-refractivity contribution in [3.05, 3.63) is 30.1 Å². The zero-order valence-corrected chi connectivity index (χ0v) is 11.6. The van der Waals surface area contributed by atoms with E-state index in [0.717, 1.165) is 25.9 Å². The molecule has 0 fully saturated rings. The van der Waals surface area contributed by atoms with Crippen LogP contribution >= 0.6 is 0 Å². The predicted octanol–water partition coefficient (Wildman–Crippen LogP) is 3.62. The van der Waals surface area contributed by atoms with Crippen molar-refractivity contribution in [2.75, 3.05) is 13.1 Å². The maximum Gasteiger partial charge on any atom is 0.165 e. The lowest BCUT2D eigenvalue weighted by atomic mass is 10.2. The Morgan fingerprint density at radius 3 is 2.61 bits per heavy atom. The first kappa shape index (κ1) is 15.0. The molecule has 0 amide bonds. The smallest absolute Gasteiger partial charge is 0.165 e. The molecule has 2 nitrogen and oxygen atoms in total. The summed E-state index contributed by atoms with van der Waals surface area (Å²) in [5.41, 5.74) is 0. The Labute approximate surface area is 110 Å². The van der Waals surface area contributed by atoms with Crippen molar-refractivity contribution < 1.29 is 9.13 Å². The maximum absolute atomic E-state index is 13.3. The summed E-state index contributed by atoms with van der Waals surface area (Å²) in [6.45, 7) is 8.40. The summed E-state index contributed by atoms with van der Waals surface area (Å²) in [4.78, 5) is 0. The minimum absolute atomic E-state index is 0.0442. The molecule has 1 aromatic carbocycles. The van der Waals surface area contributed by atoms with Crippen molar-refractivity contribution in [1.82, 2.24) is 5.32 Å². The minimum atomic E-state index is -0.290. The first-order valence-electron chi connectivity index (χ1n) is 6.71. The molecule has 1 atom stereocenters. The fourth-order valence-corrected chi connectivity index (χ4v) is 1.72. The molecule has 1 unspecified atom stereocenters. The van der Waals surface area contributed by atoms with Crippen LogP contribution in [0.1, 0.15) is 33.6 Å². The van der Waals surface area contributed by atoms with Crippen LogP contribution in [0.25, 0.3) is 0 Å². The number of hydrogen-bond donors (Lipinski definition) is 1. The average Bonchev–Trinajstić information content (AvgIpc) is 2.31. The molecule has 1 N–H and O–H groups in total. The Morgan fingerprint density at radius 1 is 1.22 bits per heavy atom. The molecule has 1 aromatic rings. The van der Waals surface area contributed by atoms with E-state index in [1.165, 1.54) is 6.07 Å². The summed E-state index contributed by atoms with van der Waals surface area (Å²) < 4.78 is 18.9. The normalized spacial score (nSPS) is 12.7. The van der Waals surface area contributed by atoms with Crippen LogP contribution in [0.4, 0.5) is 4.39 Å². The van der Waals surface area contributed by atoms with Crippen LogP contribution in [0.5, 0.6) is 5.75 Å². The zero-order valence-electron chi connectivity index (χ0n) is 11.6. The van der Waals surface area contributed by atoms with E-state index in [0.29, 0.717) is 11.7 Å². The van der Waals surface area contributed by atoms with Crippen LogP contribution in [0.2, 0.25) is 0 Å². The number of benzene rings is 1. The third-order valence-electron chi connectivity index (χ3n) is 2.68. The van der Waals surface area contributed by atoms with Gasteiger partial charge < -0.3 is 10.1 Å². The largest absolute Gasteiger partial charge is 0.488 e. The molecule has 0 heterocycles. The quantitative estimate of drug-likeness (QED) is 0.714. The van der Waals surface area contributed by atoms with Gasteiger partial charge in [-0.25, -0.2) is 4.39 Å². The second-order valence-electron chi connectivity index (χ2n) is 5.10. The molecule has 0 saturated heterocycles. The van der Waals surface area contributed by atoms with Gasteiger partial charge in [-0.3, -0.25) is 0 Å². The molecule has 0 radical (unpaired) electrons. The van der Waals surface area contributed by atoms with E-state index in [1.54, 1.807) is 18.2 Å². The summed E-state index contributed by atoms with van der Waals surface area (Å²) >= 11 is 0. The summed E-state index contributed by atoms with van der Waals surface area (Å²) in [6, 6.07) is 6.55. The van der Waals surface area contributed by atoms with Crippen LogP contribution in [-0.4, -0.2) is 19.2 Å². The molecule has 0 aliphatic rings. The molecular weight excluding hydrogens is 229 g/mol. The van der Waals surface area contributed by atoms with Crippen LogP contribution in [0, 0.1) is 11.7 Å². The fourth-order valence-electron chi connectivity index (χ4n) is 1.72. The van der Waals surface area contributed by atoms with Gasteiger partial charge in [0.2, 0.25) is 0 Å². The summed E-state index contributed by atoms with van der Waals surface area (Å²) in [5.74, 6) is 0.736. The van der Waals surface area contributed by atoms with Crippen molar-refractivity contribution in [3.8, 4) is 5.75 Å². The first-order valence-corrected chi connectivity index (χ1v) is 6.71. The molecule has 0 aromatic heterocycles. The second kappa shape index (κ2) is 8.09. The van der Waals surface area contributed by atoms with E-state index in [-0.39, 0.29) is 11.9 Å².